The molecule has 1 aliphatic rings. The van der Waals surface area contributed by atoms with Crippen LogP contribution in [0, 0.1) is 12.7 Å². The average Bonchev–Trinajstić information content (AvgIpc) is 2.97. The number of likely N-dealkylation sites (tertiary alicyclic amines) is 1. The molecule has 1 amide bonds. The summed E-state index contributed by atoms with van der Waals surface area (Å²) in [5.41, 5.74) is 1.65. The van der Waals surface area contributed by atoms with Gasteiger partial charge in [0.25, 0.3) is 5.91 Å². The zero-order valence-electron chi connectivity index (χ0n) is 14.8. The molecule has 0 radical (unpaired) electrons. The first-order valence-corrected chi connectivity index (χ1v) is 9.35. The molecule has 140 valence electrons. The van der Waals surface area contributed by atoms with Crippen molar-refractivity contribution in [3.63, 3.8) is 0 Å². The van der Waals surface area contributed by atoms with Gasteiger partial charge in [-0.1, -0.05) is 0 Å². The van der Waals surface area contributed by atoms with Gasteiger partial charge in [0, 0.05) is 24.2 Å². The predicted octanol–water partition coefficient (Wildman–Crippen LogP) is 2.52. The van der Waals surface area contributed by atoms with Crippen molar-refractivity contribution in [1.82, 2.24) is 19.9 Å². The highest BCUT2D eigenvalue weighted by Crippen LogP contribution is 2.29. The molecule has 0 aromatic carbocycles. The molecule has 1 atom stereocenters. The third-order valence-corrected chi connectivity index (χ3v) is 5.46. The number of pyridine rings is 1. The highest BCUT2D eigenvalue weighted by atomic mass is 32.1. The highest BCUT2D eigenvalue weighted by Gasteiger charge is 2.32. The summed E-state index contributed by atoms with van der Waals surface area (Å²) in [5, 5.41) is 12.6. The molecule has 1 fully saturated rings. The molecule has 0 aliphatic carbocycles. The number of nitrogens with zero attached hydrogens (tertiary/aromatic N) is 4. The van der Waals surface area contributed by atoms with E-state index in [1.165, 1.54) is 17.4 Å². The Morgan fingerprint density at radius 3 is 2.85 bits per heavy atom. The van der Waals surface area contributed by atoms with Crippen LogP contribution in [-0.4, -0.2) is 50.1 Å². The van der Waals surface area contributed by atoms with E-state index in [0.29, 0.717) is 35.8 Å². The zero-order chi connectivity index (χ0) is 19.1. The second kappa shape index (κ2) is 6.82. The van der Waals surface area contributed by atoms with Gasteiger partial charge in [0.05, 0.1) is 28.6 Å². The molecular formula is C18H18FN5O2S. The summed E-state index contributed by atoms with van der Waals surface area (Å²) in [6.07, 6.45) is 2.24. The Labute approximate surface area is 158 Å². The van der Waals surface area contributed by atoms with E-state index < -0.39 is 11.9 Å². The molecule has 4 heterocycles. The largest absolute Gasteiger partial charge is 0.389 e. The number of carbonyl (C=O) groups excluding carboxylic acids is 1. The van der Waals surface area contributed by atoms with E-state index >= 15 is 0 Å². The van der Waals surface area contributed by atoms with Crippen LogP contribution < -0.4 is 5.32 Å². The second-order valence-corrected chi connectivity index (χ2v) is 7.89. The van der Waals surface area contributed by atoms with Gasteiger partial charge in [-0.3, -0.25) is 9.78 Å². The van der Waals surface area contributed by atoms with Crippen molar-refractivity contribution >= 4 is 33.4 Å². The molecule has 1 unspecified atom stereocenters. The average molecular weight is 387 g/mol. The smallest absolute Gasteiger partial charge is 0.274 e. The van der Waals surface area contributed by atoms with Gasteiger partial charge in [-0.25, -0.2) is 14.4 Å². The van der Waals surface area contributed by atoms with Crippen LogP contribution in [0.2, 0.25) is 0 Å². The van der Waals surface area contributed by atoms with Gasteiger partial charge in [0.1, 0.15) is 5.82 Å². The first kappa shape index (κ1) is 17.7. The number of nitrogens with one attached hydrogen (secondary N) is 1. The van der Waals surface area contributed by atoms with Crippen LogP contribution in [-0.2, 0) is 0 Å². The van der Waals surface area contributed by atoms with Crippen molar-refractivity contribution in [2.45, 2.75) is 26.0 Å². The molecule has 3 aromatic rings. The standard InChI is InChI=1S/C18H18FN5O2S/c1-9-3-14-16(27-9)15(17(26)24-7-13(25)8-24)23-18(22-14)21-10(2)11-4-12(19)6-20-5-11/h3-6,10,13,25H,7-8H2,1-2H3,(H,21,22,23). The maximum absolute atomic E-state index is 13.4. The number of carbonyl (C=O) groups is 1. The normalized spacial score (nSPS) is 15.6. The minimum atomic E-state index is -0.477. The zero-order valence-corrected chi connectivity index (χ0v) is 15.6. The van der Waals surface area contributed by atoms with Gasteiger partial charge in [-0.2, -0.15) is 0 Å². The minimum Gasteiger partial charge on any atom is -0.389 e. The first-order chi connectivity index (χ1) is 12.9. The van der Waals surface area contributed by atoms with Crippen LogP contribution in [0.25, 0.3) is 10.2 Å². The molecule has 9 heteroatoms. The molecule has 2 N–H and O–H groups in total. The fourth-order valence-electron chi connectivity index (χ4n) is 2.97. The van der Waals surface area contributed by atoms with E-state index in [2.05, 4.69) is 20.3 Å². The SMILES string of the molecule is Cc1cc2nc(NC(C)c3cncc(F)c3)nc(C(=O)N3CC(O)C3)c2s1. The topological polar surface area (TPSA) is 91.2 Å². The molecule has 4 rings (SSSR count). The van der Waals surface area contributed by atoms with E-state index in [1.54, 1.807) is 11.1 Å². The van der Waals surface area contributed by atoms with E-state index in [-0.39, 0.29) is 11.9 Å². The number of hydrogen-bond donors (Lipinski definition) is 2. The Morgan fingerprint density at radius 2 is 2.15 bits per heavy atom. The predicted molar refractivity (Wildman–Crippen MR) is 100 cm³/mol. The van der Waals surface area contributed by atoms with Gasteiger partial charge < -0.3 is 15.3 Å². The van der Waals surface area contributed by atoms with Crippen LogP contribution in [0.1, 0.15) is 33.9 Å². The lowest BCUT2D eigenvalue weighted by atomic mass is 10.1. The molecule has 27 heavy (non-hydrogen) atoms. The Morgan fingerprint density at radius 1 is 1.37 bits per heavy atom. The number of hydrogen-bond acceptors (Lipinski definition) is 7. The van der Waals surface area contributed by atoms with Gasteiger partial charge in [0.15, 0.2) is 5.69 Å². The monoisotopic (exact) mass is 387 g/mol. The van der Waals surface area contributed by atoms with Gasteiger partial charge in [-0.15, -0.1) is 11.3 Å². The van der Waals surface area contributed by atoms with Gasteiger partial charge in [0.2, 0.25) is 5.95 Å². The lowest BCUT2D eigenvalue weighted by Gasteiger charge is -2.35. The summed E-state index contributed by atoms with van der Waals surface area (Å²) >= 11 is 1.46. The number of rotatable bonds is 4. The number of aryl methyl sites for hydroxylation is 1. The fraction of sp³-hybridized carbons (Fsp3) is 0.333. The molecule has 0 spiro atoms. The fourth-order valence-corrected chi connectivity index (χ4v) is 3.90. The van der Waals surface area contributed by atoms with Crippen molar-refractivity contribution < 1.29 is 14.3 Å². The summed E-state index contributed by atoms with van der Waals surface area (Å²) in [6.45, 7) is 4.41. The van der Waals surface area contributed by atoms with Crippen LogP contribution in [0.5, 0.6) is 0 Å². The molecule has 0 bridgehead atoms. The summed E-state index contributed by atoms with van der Waals surface area (Å²) in [6, 6.07) is 3.01. The van der Waals surface area contributed by atoms with Crippen LogP contribution in [0.3, 0.4) is 0 Å². The molecule has 7 nitrogen and oxygen atoms in total. The lowest BCUT2D eigenvalue weighted by molar-refractivity contribution is 0.00567. The first-order valence-electron chi connectivity index (χ1n) is 8.53. The van der Waals surface area contributed by atoms with Crippen LogP contribution >= 0.6 is 11.3 Å². The van der Waals surface area contributed by atoms with E-state index in [9.17, 15) is 14.3 Å². The van der Waals surface area contributed by atoms with Crippen LogP contribution in [0.4, 0.5) is 10.3 Å². The Hall–Kier alpha value is -2.65. The maximum Gasteiger partial charge on any atom is 0.274 e. The molecule has 1 aliphatic heterocycles. The summed E-state index contributed by atoms with van der Waals surface area (Å²) in [7, 11) is 0. The van der Waals surface area contributed by atoms with Crippen molar-refractivity contribution in [2.75, 3.05) is 18.4 Å². The Kier molecular flexibility index (Phi) is 4.48. The molecular weight excluding hydrogens is 369 g/mol. The van der Waals surface area contributed by atoms with E-state index in [4.69, 9.17) is 0 Å². The number of β-amino-alcohol motifs (C(OH)–C–C–N with tert-alkyl or cyclic N) is 1. The Balaban J connectivity index is 1.68. The Bertz CT molecular complexity index is 1020. The minimum absolute atomic E-state index is 0.224. The number of aliphatic hydroxyl groups is 1. The number of aliphatic hydroxyl groups excluding tert-OH is 1. The summed E-state index contributed by atoms with van der Waals surface area (Å²) in [5.74, 6) is -0.350. The van der Waals surface area contributed by atoms with Crippen molar-refractivity contribution in [3.05, 3.63) is 46.5 Å². The van der Waals surface area contributed by atoms with Crippen molar-refractivity contribution in [1.29, 1.82) is 0 Å². The van der Waals surface area contributed by atoms with Crippen molar-refractivity contribution in [2.24, 2.45) is 0 Å². The van der Waals surface area contributed by atoms with Gasteiger partial charge in [-0.05, 0) is 31.5 Å². The third-order valence-electron chi connectivity index (χ3n) is 4.42. The second-order valence-electron chi connectivity index (χ2n) is 6.63. The molecule has 0 saturated carbocycles. The third kappa shape index (κ3) is 3.47. The summed E-state index contributed by atoms with van der Waals surface area (Å²) < 4.78 is 14.1. The number of anilines is 1. The maximum atomic E-state index is 13.4. The van der Waals surface area contributed by atoms with Gasteiger partial charge >= 0.3 is 0 Å². The number of thiophene rings is 1. The molecule has 1 saturated heterocycles. The lowest BCUT2D eigenvalue weighted by Crippen LogP contribution is -2.53. The summed E-state index contributed by atoms with van der Waals surface area (Å²) in [4.78, 5) is 28.2. The number of aromatic nitrogens is 3. The van der Waals surface area contributed by atoms with Crippen molar-refractivity contribution in [3.8, 4) is 0 Å². The molecule has 3 aromatic heterocycles. The quantitative estimate of drug-likeness (QED) is 0.715. The number of amides is 1. The number of halogens is 1. The van der Waals surface area contributed by atoms with Crippen LogP contribution in [0.15, 0.2) is 24.5 Å². The highest BCUT2D eigenvalue weighted by molar-refractivity contribution is 7.19. The number of fused-ring (bicyclic) bond motifs is 1. The van der Waals surface area contributed by atoms with E-state index in [1.807, 2.05) is 19.9 Å². The van der Waals surface area contributed by atoms with E-state index in [0.717, 1.165) is 15.8 Å².